The zero-order valence-electron chi connectivity index (χ0n) is 18.2. The quantitative estimate of drug-likeness (QED) is 0.375. The molecule has 2 atom stereocenters. The number of piperidine rings is 1. The highest BCUT2D eigenvalue weighted by molar-refractivity contribution is 7.99. The van der Waals surface area contributed by atoms with Gasteiger partial charge in [0.25, 0.3) is 0 Å². The van der Waals surface area contributed by atoms with Crippen LogP contribution in [0.15, 0.2) is 29.2 Å². The standard InChI is InChI=1S/C20H30N4O6S2/c1-30-15-5-7-16(8-6-15)32(28,29)24-11-9-14(23-19(26)13-31-2)12-17(24)20(27)22-10-3-4-18(21)25/h5-8,14,17H,3-4,9-13H2,1-2H3,(H2,21,25)(H,22,27)(H,23,26). The number of carbonyl (C=O) groups is 3. The van der Waals surface area contributed by atoms with Gasteiger partial charge in [-0.1, -0.05) is 0 Å². The zero-order valence-corrected chi connectivity index (χ0v) is 19.8. The van der Waals surface area contributed by atoms with E-state index in [0.717, 1.165) is 0 Å². The molecule has 0 aromatic heterocycles. The van der Waals surface area contributed by atoms with Crippen molar-refractivity contribution in [3.05, 3.63) is 24.3 Å². The summed E-state index contributed by atoms with van der Waals surface area (Å²) < 4.78 is 32.9. The number of thioether (sulfide) groups is 1. The normalized spacial score (nSPS) is 19.2. The number of ether oxygens (including phenoxy) is 1. The molecule has 1 fully saturated rings. The summed E-state index contributed by atoms with van der Waals surface area (Å²) in [7, 11) is -2.48. The van der Waals surface area contributed by atoms with Gasteiger partial charge in [0, 0.05) is 25.6 Å². The Balaban J connectivity index is 2.20. The zero-order chi connectivity index (χ0) is 23.7. The first kappa shape index (κ1) is 25.9. The van der Waals surface area contributed by atoms with Crippen LogP contribution in [-0.2, 0) is 24.4 Å². The lowest BCUT2D eigenvalue weighted by atomic mass is 9.98. The highest BCUT2D eigenvalue weighted by Crippen LogP contribution is 2.27. The first-order chi connectivity index (χ1) is 15.2. The Bertz CT molecular complexity index is 907. The average molecular weight is 487 g/mol. The molecule has 3 amide bonds. The van der Waals surface area contributed by atoms with Gasteiger partial charge in [0.2, 0.25) is 27.7 Å². The molecule has 2 rings (SSSR count). The maximum atomic E-state index is 13.3. The molecule has 1 aromatic carbocycles. The number of benzene rings is 1. The number of rotatable bonds is 11. The van der Waals surface area contributed by atoms with E-state index in [1.54, 1.807) is 12.1 Å². The van der Waals surface area contributed by atoms with Crippen LogP contribution in [0.1, 0.15) is 25.7 Å². The van der Waals surface area contributed by atoms with E-state index in [2.05, 4.69) is 10.6 Å². The summed E-state index contributed by atoms with van der Waals surface area (Å²) in [6.45, 7) is 0.274. The predicted octanol–water partition coefficient (Wildman–Crippen LogP) is 0.0778. The minimum absolute atomic E-state index is 0.0506. The molecule has 10 nitrogen and oxygen atoms in total. The second-order valence-electron chi connectivity index (χ2n) is 7.39. The van der Waals surface area contributed by atoms with Crippen molar-refractivity contribution in [3.8, 4) is 5.75 Å². The lowest BCUT2D eigenvalue weighted by Gasteiger charge is -2.37. The van der Waals surface area contributed by atoms with Crippen molar-refractivity contribution in [1.29, 1.82) is 0 Å². The summed E-state index contributed by atoms with van der Waals surface area (Å²) in [4.78, 5) is 35.9. The number of nitrogens with one attached hydrogen (secondary N) is 2. The molecule has 2 unspecified atom stereocenters. The number of nitrogens with zero attached hydrogens (tertiary/aromatic N) is 1. The predicted molar refractivity (Wildman–Crippen MR) is 122 cm³/mol. The summed E-state index contributed by atoms with van der Waals surface area (Å²) in [6, 6.07) is 4.63. The maximum absolute atomic E-state index is 13.3. The average Bonchev–Trinajstić information content (AvgIpc) is 2.76. The van der Waals surface area contributed by atoms with Crippen LogP contribution in [0.2, 0.25) is 0 Å². The second kappa shape index (κ2) is 12.1. The smallest absolute Gasteiger partial charge is 0.243 e. The summed E-state index contributed by atoms with van der Waals surface area (Å²) in [5.74, 6) is -0.306. The van der Waals surface area contributed by atoms with Gasteiger partial charge in [0.15, 0.2) is 0 Å². The molecule has 32 heavy (non-hydrogen) atoms. The van der Waals surface area contributed by atoms with Crippen LogP contribution in [0.5, 0.6) is 5.75 Å². The van der Waals surface area contributed by atoms with Gasteiger partial charge in [-0.3, -0.25) is 14.4 Å². The topological polar surface area (TPSA) is 148 Å². The van der Waals surface area contributed by atoms with E-state index < -0.39 is 27.9 Å². The number of sulfonamides is 1. The van der Waals surface area contributed by atoms with E-state index in [-0.39, 0.29) is 48.5 Å². The van der Waals surface area contributed by atoms with Crippen LogP contribution in [0.3, 0.4) is 0 Å². The number of amides is 3. The lowest BCUT2D eigenvalue weighted by Crippen LogP contribution is -2.57. The van der Waals surface area contributed by atoms with Crippen molar-refractivity contribution in [2.45, 2.75) is 42.7 Å². The SMILES string of the molecule is COc1ccc(S(=O)(=O)N2CCC(NC(=O)CSC)CC2C(=O)NCCCC(N)=O)cc1. The third-order valence-electron chi connectivity index (χ3n) is 5.06. The highest BCUT2D eigenvalue weighted by atomic mass is 32.2. The van der Waals surface area contributed by atoms with E-state index in [9.17, 15) is 22.8 Å². The van der Waals surface area contributed by atoms with E-state index in [0.29, 0.717) is 18.6 Å². The molecule has 1 aliphatic rings. The molecule has 0 saturated carbocycles. The molecule has 1 aromatic rings. The van der Waals surface area contributed by atoms with Gasteiger partial charge in [-0.2, -0.15) is 16.1 Å². The Morgan fingerprint density at radius 3 is 2.53 bits per heavy atom. The molecule has 178 valence electrons. The van der Waals surface area contributed by atoms with Crippen molar-refractivity contribution < 1.29 is 27.5 Å². The van der Waals surface area contributed by atoms with E-state index in [4.69, 9.17) is 10.5 Å². The minimum atomic E-state index is -3.96. The summed E-state index contributed by atoms with van der Waals surface area (Å²) in [6.07, 6.45) is 2.82. The molecule has 1 aliphatic heterocycles. The summed E-state index contributed by atoms with van der Waals surface area (Å²) in [5, 5.41) is 5.56. The van der Waals surface area contributed by atoms with Gasteiger partial charge < -0.3 is 21.1 Å². The van der Waals surface area contributed by atoms with Gasteiger partial charge in [-0.25, -0.2) is 8.42 Å². The molecule has 12 heteroatoms. The van der Waals surface area contributed by atoms with Crippen LogP contribution in [0.4, 0.5) is 0 Å². The monoisotopic (exact) mass is 486 g/mol. The number of carbonyl (C=O) groups excluding carboxylic acids is 3. The van der Waals surface area contributed by atoms with Crippen LogP contribution in [0.25, 0.3) is 0 Å². The minimum Gasteiger partial charge on any atom is -0.497 e. The molecule has 1 saturated heterocycles. The van der Waals surface area contributed by atoms with Crippen molar-refractivity contribution in [2.24, 2.45) is 5.73 Å². The fraction of sp³-hybridized carbons (Fsp3) is 0.550. The van der Waals surface area contributed by atoms with E-state index in [1.807, 2.05) is 6.26 Å². The molecule has 0 radical (unpaired) electrons. The molecule has 4 N–H and O–H groups in total. The van der Waals surface area contributed by atoms with Gasteiger partial charge in [-0.15, -0.1) is 0 Å². The summed E-state index contributed by atoms with van der Waals surface area (Å²) >= 11 is 1.38. The number of hydrogen-bond acceptors (Lipinski definition) is 7. The fourth-order valence-electron chi connectivity index (χ4n) is 3.48. The third-order valence-corrected chi connectivity index (χ3v) is 7.54. The van der Waals surface area contributed by atoms with E-state index >= 15 is 0 Å². The number of hydrogen-bond donors (Lipinski definition) is 3. The van der Waals surface area contributed by atoms with E-state index in [1.165, 1.54) is 35.3 Å². The first-order valence-corrected chi connectivity index (χ1v) is 13.0. The number of methoxy groups -OCH3 is 1. The van der Waals surface area contributed by atoms with Gasteiger partial charge in [0.05, 0.1) is 17.8 Å². The van der Waals surface area contributed by atoms with Crippen LogP contribution in [0, 0.1) is 0 Å². The molecule has 0 bridgehead atoms. The van der Waals surface area contributed by atoms with Gasteiger partial charge >= 0.3 is 0 Å². The Labute approximate surface area is 192 Å². The lowest BCUT2D eigenvalue weighted by molar-refractivity contribution is -0.127. The Kier molecular flexibility index (Phi) is 9.79. The highest BCUT2D eigenvalue weighted by Gasteiger charge is 2.41. The van der Waals surface area contributed by atoms with Crippen LogP contribution < -0.4 is 21.1 Å². The number of nitrogens with two attached hydrogens (primary N) is 1. The van der Waals surface area contributed by atoms with Gasteiger partial charge in [0.1, 0.15) is 11.8 Å². The van der Waals surface area contributed by atoms with Crippen LogP contribution >= 0.6 is 11.8 Å². The first-order valence-electron chi connectivity index (χ1n) is 10.2. The molecule has 0 aliphatic carbocycles. The molecular formula is C20H30N4O6S2. The second-order valence-corrected chi connectivity index (χ2v) is 10.1. The van der Waals surface area contributed by atoms with Crippen molar-refractivity contribution >= 4 is 39.5 Å². The molecule has 0 spiro atoms. The van der Waals surface area contributed by atoms with Crippen molar-refractivity contribution in [3.63, 3.8) is 0 Å². The van der Waals surface area contributed by atoms with Gasteiger partial charge in [-0.05, 0) is 49.8 Å². The Hall–Kier alpha value is -2.31. The number of primary amides is 1. The molecule has 1 heterocycles. The summed E-state index contributed by atoms with van der Waals surface area (Å²) in [5.41, 5.74) is 5.12. The van der Waals surface area contributed by atoms with Crippen molar-refractivity contribution in [2.75, 3.05) is 32.2 Å². The maximum Gasteiger partial charge on any atom is 0.243 e. The Morgan fingerprint density at radius 1 is 1.25 bits per heavy atom. The molecular weight excluding hydrogens is 456 g/mol. The largest absolute Gasteiger partial charge is 0.497 e. The van der Waals surface area contributed by atoms with Crippen molar-refractivity contribution in [1.82, 2.24) is 14.9 Å². The Morgan fingerprint density at radius 2 is 1.94 bits per heavy atom. The third kappa shape index (κ3) is 7.10. The van der Waals surface area contributed by atoms with Crippen LogP contribution in [-0.4, -0.2) is 74.7 Å². The fourth-order valence-corrected chi connectivity index (χ4v) is 5.43.